The third-order valence-electron chi connectivity index (χ3n) is 0.885. The molecule has 0 N–H and O–H groups in total. The quantitative estimate of drug-likeness (QED) is 0.305. The van der Waals surface area contributed by atoms with Crippen LogP contribution in [0.1, 0.15) is 0 Å². The normalized spacial score (nSPS) is 32.0. The Morgan fingerprint density at radius 2 is 2.83 bits per heavy atom. The van der Waals surface area contributed by atoms with E-state index in [1.54, 1.807) is 0 Å². The summed E-state index contributed by atoms with van der Waals surface area (Å²) in [7, 11) is 0. The van der Waals surface area contributed by atoms with Crippen molar-refractivity contribution in [3.05, 3.63) is 23.3 Å². The van der Waals surface area contributed by atoms with Crippen molar-refractivity contribution < 1.29 is 4.74 Å². The van der Waals surface area contributed by atoms with Gasteiger partial charge in [0.05, 0.1) is 0 Å². The van der Waals surface area contributed by atoms with E-state index in [0.29, 0.717) is 0 Å². The number of hydrogen-bond donors (Lipinski definition) is 0. The van der Waals surface area contributed by atoms with Crippen molar-refractivity contribution in [2.75, 3.05) is 0 Å². The fourth-order valence-corrected chi connectivity index (χ4v) is 0.502. The van der Waals surface area contributed by atoms with E-state index in [1.165, 1.54) is 0 Å². The summed E-state index contributed by atoms with van der Waals surface area (Å²) in [6, 6.07) is 0. The second-order valence-electron chi connectivity index (χ2n) is 1.34. The Balaban J connectivity index is 2.86. The maximum Gasteiger partial charge on any atom is 0.193 e. The highest BCUT2D eigenvalue weighted by Gasteiger charge is 2.31. The average molecular weight is 78.1 g/mol. The SMILES string of the molecule is C1=C=C2O[C@@H]2C=1. The van der Waals surface area contributed by atoms with Crippen molar-refractivity contribution in [1.29, 1.82) is 0 Å². The van der Waals surface area contributed by atoms with Gasteiger partial charge in [0.25, 0.3) is 0 Å². The Kier molecular flexibility index (Phi) is 0.183. The summed E-state index contributed by atoms with van der Waals surface area (Å²) in [5, 5.41) is 0. The minimum Gasteiger partial charge on any atom is -0.468 e. The average Bonchev–Trinajstić information content (AvgIpc) is 2.17. The van der Waals surface area contributed by atoms with Gasteiger partial charge in [-0.25, -0.2) is 0 Å². The van der Waals surface area contributed by atoms with Gasteiger partial charge in [-0.3, -0.25) is 0 Å². The lowest BCUT2D eigenvalue weighted by Gasteiger charge is -1.58. The molecule has 0 saturated carbocycles. The lowest BCUT2D eigenvalue weighted by molar-refractivity contribution is 0.464. The first kappa shape index (κ1) is 2.30. The molecule has 28 valence electrons. The molecular formula is C5H2O. The maximum atomic E-state index is 4.84. The lowest BCUT2D eigenvalue weighted by atomic mass is 10.5. The molecule has 1 aliphatic heterocycles. The summed E-state index contributed by atoms with van der Waals surface area (Å²) in [6.07, 6.45) is 2.14. The van der Waals surface area contributed by atoms with Gasteiger partial charge in [0.15, 0.2) is 11.9 Å². The van der Waals surface area contributed by atoms with E-state index in [-0.39, 0.29) is 6.10 Å². The fourth-order valence-electron chi connectivity index (χ4n) is 0.502. The van der Waals surface area contributed by atoms with Crippen molar-refractivity contribution in [2.45, 2.75) is 6.10 Å². The van der Waals surface area contributed by atoms with Gasteiger partial charge < -0.3 is 4.74 Å². The lowest BCUT2D eigenvalue weighted by Crippen LogP contribution is -1.63. The second kappa shape index (κ2) is 0.476. The fraction of sp³-hybridized carbons (Fsp3) is 0.200. The summed E-state index contributed by atoms with van der Waals surface area (Å²) >= 11 is 0. The predicted molar refractivity (Wildman–Crippen MR) is 20.0 cm³/mol. The third kappa shape index (κ3) is 0.111. The van der Waals surface area contributed by atoms with Crippen LogP contribution < -0.4 is 0 Å². The standard InChI is InChI=1S/C5H2O/c1-2-4-5(3-1)6-4/h2,4H/t4-/m1/s1. The number of ether oxygens (including phenoxy) is 1. The van der Waals surface area contributed by atoms with E-state index in [0.717, 1.165) is 5.76 Å². The number of epoxide rings is 1. The molecule has 1 fully saturated rings. The van der Waals surface area contributed by atoms with Crippen LogP contribution in [0.3, 0.4) is 0 Å². The van der Waals surface area contributed by atoms with Gasteiger partial charge in [0.1, 0.15) is 0 Å². The van der Waals surface area contributed by atoms with Gasteiger partial charge in [-0.05, 0) is 5.73 Å². The molecule has 2 rings (SSSR count). The highest BCUT2D eigenvalue weighted by atomic mass is 16.6. The Bertz CT molecular complexity index is 178. The van der Waals surface area contributed by atoms with Crippen LogP contribution in [0.15, 0.2) is 23.3 Å². The molecule has 0 unspecified atom stereocenters. The third-order valence-corrected chi connectivity index (χ3v) is 0.885. The number of rotatable bonds is 0. The summed E-state index contributed by atoms with van der Waals surface area (Å²) < 4.78 is 4.84. The van der Waals surface area contributed by atoms with E-state index in [9.17, 15) is 0 Å². The Hall–Kier alpha value is -0.900. The molecule has 0 spiro atoms. The number of fused-ring (bicyclic) bond motifs is 1. The maximum absolute atomic E-state index is 4.84. The molecule has 0 radical (unpaired) electrons. The van der Waals surface area contributed by atoms with Crippen molar-refractivity contribution in [3.63, 3.8) is 0 Å². The molecule has 0 aromatic heterocycles. The van der Waals surface area contributed by atoms with E-state index >= 15 is 0 Å². The molecule has 0 bridgehead atoms. The predicted octanol–water partition coefficient (Wildman–Crippen LogP) is 0.593. The van der Waals surface area contributed by atoms with Crippen molar-refractivity contribution in [2.24, 2.45) is 0 Å². The molecule has 0 aromatic rings. The van der Waals surface area contributed by atoms with Crippen LogP contribution in [0.4, 0.5) is 0 Å². The van der Waals surface area contributed by atoms with Gasteiger partial charge >= 0.3 is 0 Å². The molecule has 1 atom stereocenters. The number of hydrogen-bond acceptors (Lipinski definition) is 1. The van der Waals surface area contributed by atoms with Crippen LogP contribution in [0.25, 0.3) is 0 Å². The van der Waals surface area contributed by atoms with Crippen LogP contribution in [0.2, 0.25) is 0 Å². The highest BCUT2D eigenvalue weighted by Crippen LogP contribution is 2.28. The van der Waals surface area contributed by atoms with Crippen molar-refractivity contribution in [3.8, 4) is 0 Å². The van der Waals surface area contributed by atoms with Crippen LogP contribution in [-0.2, 0) is 4.74 Å². The minimum absolute atomic E-state index is 0.282. The van der Waals surface area contributed by atoms with Gasteiger partial charge in [-0.2, -0.15) is 0 Å². The van der Waals surface area contributed by atoms with E-state index in [1.807, 2.05) is 6.08 Å². The Morgan fingerprint density at radius 1 is 1.83 bits per heavy atom. The molecule has 1 heterocycles. The summed E-state index contributed by atoms with van der Waals surface area (Å²) in [5.74, 6) is 0.954. The van der Waals surface area contributed by atoms with Crippen molar-refractivity contribution in [1.82, 2.24) is 0 Å². The molecule has 2 aliphatic rings. The van der Waals surface area contributed by atoms with E-state index in [4.69, 9.17) is 4.74 Å². The first-order valence-electron chi connectivity index (χ1n) is 1.85. The summed E-state index contributed by atoms with van der Waals surface area (Å²) in [6.45, 7) is 0. The van der Waals surface area contributed by atoms with E-state index < -0.39 is 0 Å². The Morgan fingerprint density at radius 3 is 3.00 bits per heavy atom. The second-order valence-corrected chi connectivity index (χ2v) is 1.34. The molecule has 1 saturated heterocycles. The highest BCUT2D eigenvalue weighted by molar-refractivity contribution is 5.26. The molecule has 0 aromatic carbocycles. The minimum atomic E-state index is 0.282. The van der Waals surface area contributed by atoms with Gasteiger partial charge in [0.2, 0.25) is 0 Å². The monoisotopic (exact) mass is 78.0 g/mol. The van der Waals surface area contributed by atoms with Gasteiger partial charge in [0, 0.05) is 6.08 Å². The summed E-state index contributed by atoms with van der Waals surface area (Å²) in [4.78, 5) is 0. The van der Waals surface area contributed by atoms with Crippen LogP contribution >= 0.6 is 0 Å². The molecule has 0 amide bonds. The zero-order valence-corrected chi connectivity index (χ0v) is 3.06. The first-order chi connectivity index (χ1) is 2.97. The molecule has 6 heavy (non-hydrogen) atoms. The first-order valence-corrected chi connectivity index (χ1v) is 1.85. The van der Waals surface area contributed by atoms with Crippen LogP contribution in [0, 0.1) is 0 Å². The van der Waals surface area contributed by atoms with Crippen molar-refractivity contribution >= 4 is 0 Å². The van der Waals surface area contributed by atoms with Crippen LogP contribution in [-0.4, -0.2) is 6.10 Å². The van der Waals surface area contributed by atoms with Gasteiger partial charge in [-0.1, -0.05) is 5.73 Å². The van der Waals surface area contributed by atoms with E-state index in [2.05, 4.69) is 11.5 Å². The van der Waals surface area contributed by atoms with Crippen LogP contribution in [0.5, 0.6) is 0 Å². The molecule has 1 heteroatoms. The largest absolute Gasteiger partial charge is 0.468 e. The zero-order chi connectivity index (χ0) is 3.98. The molecular weight excluding hydrogens is 76.1 g/mol. The zero-order valence-electron chi connectivity index (χ0n) is 3.06. The topological polar surface area (TPSA) is 12.5 Å². The van der Waals surface area contributed by atoms with Gasteiger partial charge in [-0.15, -0.1) is 0 Å². The molecule has 1 nitrogen and oxygen atoms in total. The smallest absolute Gasteiger partial charge is 0.193 e. The summed E-state index contributed by atoms with van der Waals surface area (Å²) in [5.41, 5.74) is 5.57. The molecule has 1 aliphatic carbocycles. The Labute approximate surface area is 35.2 Å².